The zero-order valence-electron chi connectivity index (χ0n) is 34.9. The Labute approximate surface area is 370 Å². The van der Waals surface area contributed by atoms with E-state index in [1.54, 1.807) is 0 Å². The first kappa shape index (κ1) is 36.2. The quantitative estimate of drug-likeness (QED) is 0.153. The van der Waals surface area contributed by atoms with Crippen molar-refractivity contribution in [2.75, 3.05) is 0 Å². The number of fused-ring (bicyclic) bond motifs is 12. The van der Waals surface area contributed by atoms with Crippen molar-refractivity contribution in [2.24, 2.45) is 0 Å². The molecule has 3 heteroatoms. The van der Waals surface area contributed by atoms with Gasteiger partial charge in [-0.1, -0.05) is 164 Å². The van der Waals surface area contributed by atoms with Crippen LogP contribution in [0.2, 0.25) is 0 Å². The van der Waals surface area contributed by atoms with E-state index in [1.807, 2.05) is 6.08 Å². The molecule has 10 aromatic carbocycles. The molecule has 0 atom stereocenters. The first-order chi connectivity index (χ1) is 31.7. The molecule has 0 amide bonds. The zero-order valence-corrected chi connectivity index (χ0v) is 34.9. The Kier molecular flexibility index (Phi) is 8.06. The van der Waals surface area contributed by atoms with Crippen LogP contribution in [0, 0.1) is 0 Å². The minimum absolute atomic E-state index is 0.942. The topological polar surface area (TPSA) is 22.8 Å². The van der Waals surface area contributed by atoms with Crippen LogP contribution in [-0.2, 0) is 0 Å². The lowest BCUT2D eigenvalue weighted by Gasteiger charge is -2.14. The van der Waals surface area contributed by atoms with E-state index in [4.69, 9.17) is 4.98 Å². The predicted octanol–water partition coefficient (Wildman–Crippen LogP) is 16.4. The average Bonchev–Trinajstić information content (AvgIpc) is 3.88. The molecular weight excluding hydrogens is 775 g/mol. The normalized spacial score (nSPS) is 11.8. The van der Waals surface area contributed by atoms with Gasteiger partial charge in [-0.2, -0.15) is 0 Å². The van der Waals surface area contributed by atoms with Crippen LogP contribution in [0.5, 0.6) is 0 Å². The maximum absolute atomic E-state index is 5.19. The van der Waals surface area contributed by atoms with E-state index < -0.39 is 0 Å². The van der Waals surface area contributed by atoms with Crippen molar-refractivity contribution in [3.05, 3.63) is 231 Å². The summed E-state index contributed by atoms with van der Waals surface area (Å²) in [5, 5.41) is 12.5. The van der Waals surface area contributed by atoms with Gasteiger partial charge in [0.25, 0.3) is 0 Å². The highest BCUT2D eigenvalue weighted by molar-refractivity contribution is 6.25. The van der Waals surface area contributed by atoms with Gasteiger partial charge in [-0.25, -0.2) is 4.98 Å². The van der Waals surface area contributed by atoms with E-state index in [2.05, 4.69) is 234 Å². The van der Waals surface area contributed by atoms with Gasteiger partial charge in [0.1, 0.15) is 0 Å². The van der Waals surface area contributed by atoms with Crippen LogP contribution in [0.1, 0.15) is 5.56 Å². The van der Waals surface area contributed by atoms with Crippen LogP contribution >= 0.6 is 0 Å². The minimum atomic E-state index is 0.942. The standard InChI is InChI=1S/C61H39N3/c1-2-39-25-30-59-53(33-39)55-35-43(27-32-61(55)63(59)44-28-29-50-48-21-10-9-19-46(48)47-20-11-12-22-49(47)52(50)36-44)42-26-31-60-54(34-42)51-23-13-14-24-58(51)64(60)45-37-56(40-15-5-3-6-16-40)62-57(38-45)41-17-7-4-8-18-41/h2-38H,1H2. The van der Waals surface area contributed by atoms with Crippen molar-refractivity contribution in [1.29, 1.82) is 0 Å². The number of nitrogens with zero attached hydrogens (tertiary/aromatic N) is 3. The van der Waals surface area contributed by atoms with Gasteiger partial charge in [-0.05, 0) is 116 Å². The fourth-order valence-electron chi connectivity index (χ4n) is 10.2. The third kappa shape index (κ3) is 5.58. The smallest absolute Gasteiger partial charge is 0.0730 e. The summed E-state index contributed by atoms with van der Waals surface area (Å²) < 4.78 is 4.84. The van der Waals surface area contributed by atoms with Crippen LogP contribution in [-0.4, -0.2) is 14.1 Å². The number of hydrogen-bond donors (Lipinski definition) is 0. The molecule has 64 heavy (non-hydrogen) atoms. The van der Waals surface area contributed by atoms with E-state index in [0.29, 0.717) is 0 Å². The Morgan fingerprint density at radius 1 is 0.297 bits per heavy atom. The summed E-state index contributed by atoms with van der Waals surface area (Å²) in [7, 11) is 0. The highest BCUT2D eigenvalue weighted by Gasteiger charge is 2.19. The van der Waals surface area contributed by atoms with E-state index in [0.717, 1.165) is 50.5 Å². The molecule has 3 heterocycles. The molecule has 0 aliphatic rings. The first-order valence-corrected chi connectivity index (χ1v) is 21.9. The molecular formula is C61H39N3. The lowest BCUT2D eigenvalue weighted by molar-refractivity contribution is 1.16. The van der Waals surface area contributed by atoms with Crippen molar-refractivity contribution in [3.63, 3.8) is 0 Å². The lowest BCUT2D eigenvalue weighted by Crippen LogP contribution is -1.98. The monoisotopic (exact) mass is 813 g/mol. The van der Waals surface area contributed by atoms with Gasteiger partial charge < -0.3 is 9.13 Å². The summed E-state index contributed by atoms with van der Waals surface area (Å²) >= 11 is 0. The van der Waals surface area contributed by atoms with Crippen LogP contribution in [0.4, 0.5) is 0 Å². The molecule has 0 radical (unpaired) electrons. The Morgan fingerprint density at radius 3 is 1.31 bits per heavy atom. The molecule has 13 aromatic rings. The molecule has 0 spiro atoms. The van der Waals surface area contributed by atoms with Gasteiger partial charge in [0.2, 0.25) is 0 Å². The number of benzene rings is 10. The number of aromatic nitrogens is 3. The molecule has 0 N–H and O–H groups in total. The Balaban J connectivity index is 0.994. The Morgan fingerprint density at radius 2 is 0.734 bits per heavy atom. The summed E-state index contributed by atoms with van der Waals surface area (Å²) in [6.45, 7) is 4.14. The van der Waals surface area contributed by atoms with Gasteiger partial charge >= 0.3 is 0 Å². The number of pyridine rings is 1. The maximum Gasteiger partial charge on any atom is 0.0730 e. The summed E-state index contributed by atoms with van der Waals surface area (Å²) in [4.78, 5) is 5.19. The van der Waals surface area contributed by atoms with E-state index >= 15 is 0 Å². The number of rotatable bonds is 6. The highest BCUT2D eigenvalue weighted by Crippen LogP contribution is 2.41. The number of hydrogen-bond acceptors (Lipinski definition) is 1. The molecule has 0 saturated heterocycles. The van der Waals surface area contributed by atoms with Crippen molar-refractivity contribution in [3.8, 4) is 45.0 Å². The third-order valence-electron chi connectivity index (χ3n) is 13.2. The first-order valence-electron chi connectivity index (χ1n) is 21.9. The molecule has 298 valence electrons. The minimum Gasteiger partial charge on any atom is -0.309 e. The SMILES string of the molecule is C=Cc1ccc2c(c1)c1cc(-c3ccc4c(c3)c3ccccc3n4-c3cc(-c4ccccc4)nc(-c4ccccc4)c3)ccc1n2-c1ccc2c3ccccc3c3ccccc3c2c1. The summed E-state index contributed by atoms with van der Waals surface area (Å²) in [5.74, 6) is 0. The molecule has 13 rings (SSSR count). The van der Waals surface area contributed by atoms with Gasteiger partial charge in [0, 0.05) is 38.4 Å². The Hall–Kier alpha value is -8.53. The van der Waals surface area contributed by atoms with Gasteiger partial charge in [-0.3, -0.25) is 0 Å². The summed E-state index contributed by atoms with van der Waals surface area (Å²) in [6.07, 6.45) is 1.94. The van der Waals surface area contributed by atoms with Crippen molar-refractivity contribution in [1.82, 2.24) is 14.1 Å². The highest BCUT2D eigenvalue weighted by atomic mass is 15.0. The van der Waals surface area contributed by atoms with Crippen LogP contribution in [0.25, 0.3) is 127 Å². The fraction of sp³-hybridized carbons (Fsp3) is 0. The second kappa shape index (κ2) is 14.3. The molecule has 0 aliphatic heterocycles. The lowest BCUT2D eigenvalue weighted by atomic mass is 9.94. The molecule has 0 unspecified atom stereocenters. The van der Waals surface area contributed by atoms with Crippen molar-refractivity contribution >= 4 is 82.0 Å². The zero-order chi connectivity index (χ0) is 42.3. The Bertz CT molecular complexity index is 3930. The average molecular weight is 814 g/mol. The molecule has 3 nitrogen and oxygen atoms in total. The summed E-state index contributed by atoms with van der Waals surface area (Å²) in [6, 6.07) is 79.4. The largest absolute Gasteiger partial charge is 0.309 e. The fourth-order valence-corrected chi connectivity index (χ4v) is 10.2. The molecule has 0 saturated carbocycles. The van der Waals surface area contributed by atoms with Crippen molar-refractivity contribution in [2.45, 2.75) is 0 Å². The predicted molar refractivity (Wildman–Crippen MR) is 272 cm³/mol. The molecule has 0 bridgehead atoms. The van der Waals surface area contributed by atoms with Crippen molar-refractivity contribution < 1.29 is 0 Å². The van der Waals surface area contributed by atoms with E-state index in [9.17, 15) is 0 Å². The van der Waals surface area contributed by atoms with Crippen LogP contribution in [0.3, 0.4) is 0 Å². The van der Waals surface area contributed by atoms with Gasteiger partial charge in [0.05, 0.1) is 39.1 Å². The van der Waals surface area contributed by atoms with E-state index in [1.165, 1.54) is 76.0 Å². The van der Waals surface area contributed by atoms with E-state index in [-0.39, 0.29) is 0 Å². The van der Waals surface area contributed by atoms with Crippen LogP contribution in [0.15, 0.2) is 225 Å². The maximum atomic E-state index is 5.19. The number of para-hydroxylation sites is 1. The molecule has 3 aromatic heterocycles. The molecule has 0 aliphatic carbocycles. The van der Waals surface area contributed by atoms with Gasteiger partial charge in [-0.15, -0.1) is 0 Å². The second-order valence-electron chi connectivity index (χ2n) is 16.8. The third-order valence-corrected chi connectivity index (χ3v) is 13.2. The van der Waals surface area contributed by atoms with Crippen LogP contribution < -0.4 is 0 Å². The van der Waals surface area contributed by atoms with Gasteiger partial charge in [0.15, 0.2) is 0 Å². The second-order valence-corrected chi connectivity index (χ2v) is 16.8. The summed E-state index contributed by atoms with van der Waals surface area (Å²) in [5.41, 5.74) is 14.4. The molecule has 0 fully saturated rings.